The third-order valence-electron chi connectivity index (χ3n) is 1.03. The van der Waals surface area contributed by atoms with Crippen molar-refractivity contribution >= 4 is 38.3 Å². The molecule has 0 aliphatic heterocycles. The van der Waals surface area contributed by atoms with Gasteiger partial charge in [0.1, 0.15) is 0 Å². The first kappa shape index (κ1) is 9.41. The quantitative estimate of drug-likeness (QED) is 0.815. The van der Waals surface area contributed by atoms with Crippen molar-refractivity contribution in [3.05, 3.63) is 22.1 Å². The minimum Gasteiger partial charge on any atom is -0.298 e. The lowest BCUT2D eigenvalue weighted by atomic mass is 10.5. The lowest BCUT2D eigenvalue weighted by molar-refractivity contribution is -0.111. The number of hydrogen-bond acceptors (Lipinski definition) is 3. The Morgan fingerprint density at radius 2 is 2.58 bits per heavy atom. The van der Waals surface area contributed by atoms with E-state index in [-0.39, 0.29) is 5.91 Å². The molecule has 1 rings (SSSR count). The molecule has 0 saturated carbocycles. The number of aromatic nitrogens is 1. The first-order chi connectivity index (χ1) is 5.72. The molecule has 1 N–H and O–H groups in total. The van der Waals surface area contributed by atoms with Crippen LogP contribution in [0.25, 0.3) is 0 Å². The molecule has 1 heterocycles. The number of hydrogen-bond donors (Lipinski definition) is 1. The molecule has 0 aromatic carbocycles. The van der Waals surface area contributed by atoms with Crippen LogP contribution >= 0.6 is 27.3 Å². The van der Waals surface area contributed by atoms with Crippen molar-refractivity contribution in [3.63, 3.8) is 0 Å². The molecule has 0 fully saturated rings. The van der Waals surface area contributed by atoms with E-state index in [1.165, 1.54) is 17.4 Å². The Kier molecular flexibility index (Phi) is 3.43. The van der Waals surface area contributed by atoms with E-state index in [0.717, 1.165) is 3.79 Å². The van der Waals surface area contributed by atoms with Gasteiger partial charge in [0.25, 0.3) is 0 Å². The van der Waals surface area contributed by atoms with Crippen molar-refractivity contribution in [3.8, 4) is 0 Å². The summed E-state index contributed by atoms with van der Waals surface area (Å²) in [6.45, 7) is 1.79. The highest BCUT2D eigenvalue weighted by Gasteiger charge is 2.00. The summed E-state index contributed by atoms with van der Waals surface area (Å²) in [4.78, 5) is 14.9. The van der Waals surface area contributed by atoms with Crippen LogP contribution in [0.15, 0.2) is 22.1 Å². The molecular weight excluding hydrogens is 240 g/mol. The van der Waals surface area contributed by atoms with Crippen LogP contribution in [0.3, 0.4) is 0 Å². The summed E-state index contributed by atoms with van der Waals surface area (Å²) in [5.74, 6) is -0.153. The maximum Gasteiger partial charge on any atom is 0.249 e. The van der Waals surface area contributed by atoms with Crippen molar-refractivity contribution < 1.29 is 4.79 Å². The largest absolute Gasteiger partial charge is 0.298 e. The molecule has 1 aromatic rings. The van der Waals surface area contributed by atoms with Crippen LogP contribution in [0.1, 0.15) is 6.92 Å². The van der Waals surface area contributed by atoms with Gasteiger partial charge in [-0.05, 0) is 28.9 Å². The molecular formula is C7H7BrN2OS. The molecule has 64 valence electrons. The van der Waals surface area contributed by atoms with E-state index in [1.807, 2.05) is 0 Å². The highest BCUT2D eigenvalue weighted by atomic mass is 79.9. The first-order valence-electron chi connectivity index (χ1n) is 3.27. The fourth-order valence-electron chi connectivity index (χ4n) is 0.611. The molecule has 0 radical (unpaired) electrons. The van der Waals surface area contributed by atoms with Crippen LogP contribution in [0.5, 0.6) is 0 Å². The molecule has 12 heavy (non-hydrogen) atoms. The van der Waals surface area contributed by atoms with Gasteiger partial charge in [-0.15, -0.1) is 0 Å². The smallest absolute Gasteiger partial charge is 0.249 e. The number of amides is 1. The summed E-state index contributed by atoms with van der Waals surface area (Å²) >= 11 is 4.63. The van der Waals surface area contributed by atoms with Crippen LogP contribution in [-0.2, 0) is 4.79 Å². The maximum atomic E-state index is 11.0. The first-order valence-corrected chi connectivity index (χ1v) is 4.88. The van der Waals surface area contributed by atoms with Gasteiger partial charge in [-0.25, -0.2) is 4.98 Å². The highest BCUT2D eigenvalue weighted by Crippen LogP contribution is 2.22. The van der Waals surface area contributed by atoms with E-state index < -0.39 is 0 Å². The van der Waals surface area contributed by atoms with Gasteiger partial charge in [0.15, 0.2) is 5.13 Å². The number of thiazole rings is 1. The second-order valence-electron chi connectivity index (χ2n) is 1.96. The molecule has 3 nitrogen and oxygen atoms in total. The third-order valence-corrected chi connectivity index (χ3v) is 2.42. The number of carbonyl (C=O) groups excluding carboxylic acids is 1. The molecule has 0 aliphatic rings. The Morgan fingerprint density at radius 3 is 3.08 bits per heavy atom. The van der Waals surface area contributed by atoms with E-state index in [0.29, 0.717) is 5.13 Å². The third kappa shape index (κ3) is 2.75. The van der Waals surface area contributed by atoms with Gasteiger partial charge in [-0.3, -0.25) is 10.1 Å². The summed E-state index contributed by atoms with van der Waals surface area (Å²) in [7, 11) is 0. The minimum atomic E-state index is -0.153. The van der Waals surface area contributed by atoms with Crippen molar-refractivity contribution in [2.24, 2.45) is 0 Å². The Morgan fingerprint density at radius 1 is 1.83 bits per heavy atom. The average molecular weight is 247 g/mol. The predicted octanol–water partition coefficient (Wildman–Crippen LogP) is 2.42. The summed E-state index contributed by atoms with van der Waals surface area (Å²) in [6, 6.07) is 0. The van der Waals surface area contributed by atoms with E-state index in [9.17, 15) is 4.79 Å². The Balaban J connectivity index is 2.58. The van der Waals surface area contributed by atoms with Gasteiger partial charge in [0.05, 0.1) is 9.98 Å². The Labute approximate surface area is 82.6 Å². The standard InChI is InChI=1S/C7H7BrN2OS/c1-2-3-6(11)10-7-9-4-5(8)12-7/h2-4H,1H3,(H,9,10,11). The van der Waals surface area contributed by atoms with Gasteiger partial charge in [0.2, 0.25) is 5.91 Å². The van der Waals surface area contributed by atoms with Crippen molar-refractivity contribution in [1.29, 1.82) is 0 Å². The van der Waals surface area contributed by atoms with Crippen LogP contribution in [-0.4, -0.2) is 10.9 Å². The van der Waals surface area contributed by atoms with Gasteiger partial charge >= 0.3 is 0 Å². The van der Waals surface area contributed by atoms with Crippen molar-refractivity contribution in [2.75, 3.05) is 5.32 Å². The van der Waals surface area contributed by atoms with Gasteiger partial charge in [0, 0.05) is 0 Å². The predicted molar refractivity (Wildman–Crippen MR) is 53.3 cm³/mol. The zero-order valence-electron chi connectivity index (χ0n) is 6.37. The second-order valence-corrected chi connectivity index (χ2v) is 4.37. The molecule has 0 aliphatic carbocycles. The Bertz CT molecular complexity index is 308. The average Bonchev–Trinajstić information content (AvgIpc) is 2.36. The fraction of sp³-hybridized carbons (Fsp3) is 0.143. The van der Waals surface area contributed by atoms with Gasteiger partial charge < -0.3 is 0 Å². The molecule has 0 saturated heterocycles. The van der Waals surface area contributed by atoms with E-state index in [4.69, 9.17) is 0 Å². The number of rotatable bonds is 2. The summed E-state index contributed by atoms with van der Waals surface area (Å²) < 4.78 is 0.901. The molecule has 0 unspecified atom stereocenters. The van der Waals surface area contributed by atoms with Crippen LogP contribution in [0, 0.1) is 0 Å². The molecule has 1 amide bonds. The van der Waals surface area contributed by atoms with E-state index >= 15 is 0 Å². The van der Waals surface area contributed by atoms with Crippen molar-refractivity contribution in [1.82, 2.24) is 4.98 Å². The highest BCUT2D eigenvalue weighted by molar-refractivity contribution is 9.11. The zero-order valence-corrected chi connectivity index (χ0v) is 8.78. The number of nitrogens with zero attached hydrogens (tertiary/aromatic N) is 1. The van der Waals surface area contributed by atoms with Crippen LogP contribution in [0.2, 0.25) is 0 Å². The van der Waals surface area contributed by atoms with Gasteiger partial charge in [-0.2, -0.15) is 0 Å². The van der Waals surface area contributed by atoms with Gasteiger partial charge in [-0.1, -0.05) is 17.4 Å². The van der Waals surface area contributed by atoms with Crippen LogP contribution in [0.4, 0.5) is 5.13 Å². The molecule has 0 atom stereocenters. The van der Waals surface area contributed by atoms with Crippen LogP contribution < -0.4 is 5.32 Å². The minimum absolute atomic E-state index is 0.153. The SMILES string of the molecule is CC=CC(=O)Nc1ncc(Br)s1. The van der Waals surface area contributed by atoms with E-state index in [2.05, 4.69) is 26.2 Å². The Hall–Kier alpha value is -0.680. The van der Waals surface area contributed by atoms with E-state index in [1.54, 1.807) is 19.2 Å². The summed E-state index contributed by atoms with van der Waals surface area (Å²) in [6.07, 6.45) is 4.78. The maximum absolute atomic E-state index is 11.0. The second kappa shape index (κ2) is 4.37. The molecule has 5 heteroatoms. The summed E-state index contributed by atoms with van der Waals surface area (Å²) in [5, 5.41) is 3.22. The fourth-order valence-corrected chi connectivity index (χ4v) is 1.72. The summed E-state index contributed by atoms with van der Waals surface area (Å²) in [5.41, 5.74) is 0. The zero-order chi connectivity index (χ0) is 8.97. The number of anilines is 1. The topological polar surface area (TPSA) is 42.0 Å². The molecule has 0 bridgehead atoms. The monoisotopic (exact) mass is 246 g/mol. The number of halogens is 1. The molecule has 0 spiro atoms. The number of carbonyl (C=O) groups is 1. The number of nitrogens with one attached hydrogen (secondary N) is 1. The molecule has 1 aromatic heterocycles. The number of allylic oxidation sites excluding steroid dienone is 1. The lowest BCUT2D eigenvalue weighted by Gasteiger charge is -1.93. The normalized spacial score (nSPS) is 10.5. The lowest BCUT2D eigenvalue weighted by Crippen LogP contribution is -2.06. The van der Waals surface area contributed by atoms with Crippen molar-refractivity contribution in [2.45, 2.75) is 6.92 Å².